The van der Waals surface area contributed by atoms with Gasteiger partial charge in [0.05, 0.1) is 10.2 Å². The van der Waals surface area contributed by atoms with Gasteiger partial charge in [-0.2, -0.15) is 0 Å². The highest BCUT2D eigenvalue weighted by Crippen LogP contribution is 2.33. The fourth-order valence-electron chi connectivity index (χ4n) is 2.16. The molecule has 1 unspecified atom stereocenters. The maximum atomic E-state index is 12.6. The summed E-state index contributed by atoms with van der Waals surface area (Å²) in [6.07, 6.45) is -1.65. The number of halogens is 2. The highest BCUT2D eigenvalue weighted by atomic mass is 32.1. The summed E-state index contributed by atoms with van der Waals surface area (Å²) >= 11 is 1.58. The van der Waals surface area contributed by atoms with Gasteiger partial charge in [-0.05, 0) is 18.6 Å². The van der Waals surface area contributed by atoms with E-state index >= 15 is 0 Å². The average Bonchev–Trinajstić information content (AvgIpc) is 2.95. The Morgan fingerprint density at radius 1 is 1.35 bits per heavy atom. The van der Waals surface area contributed by atoms with Crippen LogP contribution in [0, 0.1) is 5.92 Å². The zero-order valence-electron chi connectivity index (χ0n) is 9.14. The molecular formula is C12H12F2N2S. The maximum absolute atomic E-state index is 12.6. The largest absolute Gasteiger partial charge is 0.348 e. The molecule has 0 spiro atoms. The van der Waals surface area contributed by atoms with Gasteiger partial charge in [0.1, 0.15) is 0 Å². The van der Waals surface area contributed by atoms with E-state index in [0.717, 1.165) is 15.3 Å². The summed E-state index contributed by atoms with van der Waals surface area (Å²) in [6.45, 7) is 1.12. The first-order valence-corrected chi connectivity index (χ1v) is 6.44. The van der Waals surface area contributed by atoms with Gasteiger partial charge in [-0.25, -0.2) is 13.8 Å². The minimum Gasteiger partial charge on any atom is -0.348 e. The predicted octanol–water partition coefficient (Wildman–Crippen LogP) is 3.39. The Morgan fingerprint density at radius 3 is 2.88 bits per heavy atom. The number of thiazole rings is 1. The lowest BCUT2D eigenvalue weighted by Crippen LogP contribution is -2.21. The lowest BCUT2D eigenvalue weighted by Gasteiger charge is -2.14. The number of rotatable bonds is 2. The van der Waals surface area contributed by atoms with Crippen LogP contribution in [0.5, 0.6) is 0 Å². The van der Waals surface area contributed by atoms with Crippen molar-refractivity contribution in [2.45, 2.75) is 12.8 Å². The van der Waals surface area contributed by atoms with Gasteiger partial charge in [0.15, 0.2) is 5.13 Å². The minimum absolute atomic E-state index is 0.428. The standard InChI is InChI=1S/C12H12F2N2S/c13-11(14)8-5-6-16(7-8)12-15-9-3-1-2-4-10(9)17-12/h1-4,8,11H,5-7H2. The van der Waals surface area contributed by atoms with Crippen molar-refractivity contribution in [1.29, 1.82) is 0 Å². The quantitative estimate of drug-likeness (QED) is 0.816. The molecule has 0 bridgehead atoms. The van der Waals surface area contributed by atoms with Gasteiger partial charge in [-0.1, -0.05) is 23.5 Å². The summed E-state index contributed by atoms with van der Waals surface area (Å²) in [5.41, 5.74) is 0.952. The molecule has 1 atom stereocenters. The summed E-state index contributed by atoms with van der Waals surface area (Å²) < 4.78 is 26.3. The fraction of sp³-hybridized carbons (Fsp3) is 0.417. The summed E-state index contributed by atoms with van der Waals surface area (Å²) in [7, 11) is 0. The lowest BCUT2D eigenvalue weighted by atomic mass is 10.1. The number of para-hydroxylation sites is 1. The van der Waals surface area contributed by atoms with Crippen LogP contribution < -0.4 is 4.90 Å². The molecule has 0 N–H and O–H groups in total. The number of fused-ring (bicyclic) bond motifs is 1. The molecule has 90 valence electrons. The third kappa shape index (κ3) is 1.99. The third-order valence-electron chi connectivity index (χ3n) is 3.13. The number of alkyl halides is 2. The molecule has 1 aromatic carbocycles. The molecule has 3 rings (SSSR count). The van der Waals surface area contributed by atoms with E-state index in [0.29, 0.717) is 19.5 Å². The molecule has 1 aliphatic heterocycles. The molecule has 0 aliphatic carbocycles. The van der Waals surface area contributed by atoms with Gasteiger partial charge in [0.2, 0.25) is 6.43 Å². The van der Waals surface area contributed by atoms with E-state index in [4.69, 9.17) is 0 Å². The van der Waals surface area contributed by atoms with Crippen LogP contribution in [0.25, 0.3) is 10.2 Å². The topological polar surface area (TPSA) is 16.1 Å². The van der Waals surface area contributed by atoms with E-state index in [1.807, 2.05) is 29.2 Å². The van der Waals surface area contributed by atoms with Crippen molar-refractivity contribution in [3.63, 3.8) is 0 Å². The van der Waals surface area contributed by atoms with Gasteiger partial charge in [-0.3, -0.25) is 0 Å². The summed E-state index contributed by atoms with van der Waals surface area (Å²) in [5, 5.41) is 0.870. The van der Waals surface area contributed by atoms with E-state index in [2.05, 4.69) is 4.98 Å². The predicted molar refractivity (Wildman–Crippen MR) is 65.9 cm³/mol. The number of anilines is 1. The van der Waals surface area contributed by atoms with Crippen LogP contribution in [0.2, 0.25) is 0 Å². The van der Waals surface area contributed by atoms with E-state index in [9.17, 15) is 8.78 Å². The van der Waals surface area contributed by atoms with Crippen LogP contribution in [-0.2, 0) is 0 Å². The van der Waals surface area contributed by atoms with Crippen LogP contribution in [0.15, 0.2) is 24.3 Å². The molecular weight excluding hydrogens is 242 g/mol. The number of nitrogens with zero attached hydrogens (tertiary/aromatic N) is 2. The second-order valence-electron chi connectivity index (χ2n) is 4.29. The number of aromatic nitrogens is 1. The van der Waals surface area contributed by atoms with Gasteiger partial charge in [-0.15, -0.1) is 0 Å². The number of hydrogen-bond acceptors (Lipinski definition) is 3. The van der Waals surface area contributed by atoms with Crippen molar-refractivity contribution >= 4 is 26.7 Å². The third-order valence-corrected chi connectivity index (χ3v) is 4.23. The lowest BCUT2D eigenvalue weighted by molar-refractivity contribution is 0.0880. The first-order valence-electron chi connectivity index (χ1n) is 5.63. The second kappa shape index (κ2) is 4.22. The van der Waals surface area contributed by atoms with E-state index in [1.165, 1.54) is 0 Å². The first kappa shape index (κ1) is 10.9. The Labute approximate surface area is 102 Å². The van der Waals surface area contributed by atoms with Gasteiger partial charge in [0, 0.05) is 19.0 Å². The Bertz CT molecular complexity index is 493. The molecule has 17 heavy (non-hydrogen) atoms. The average molecular weight is 254 g/mol. The van der Waals surface area contributed by atoms with Crippen LogP contribution in [0.1, 0.15) is 6.42 Å². The van der Waals surface area contributed by atoms with Gasteiger partial charge >= 0.3 is 0 Å². The Hall–Kier alpha value is -1.23. The Balaban J connectivity index is 1.85. The molecule has 0 saturated carbocycles. The molecule has 0 radical (unpaired) electrons. The molecule has 5 heteroatoms. The smallest absolute Gasteiger partial charge is 0.243 e. The monoisotopic (exact) mass is 254 g/mol. The Kier molecular flexibility index (Phi) is 2.70. The second-order valence-corrected chi connectivity index (χ2v) is 5.30. The van der Waals surface area contributed by atoms with Crippen molar-refractivity contribution in [2.24, 2.45) is 5.92 Å². The summed E-state index contributed by atoms with van der Waals surface area (Å²) in [5.74, 6) is -0.498. The van der Waals surface area contributed by atoms with Crippen LogP contribution in [0.4, 0.5) is 13.9 Å². The number of benzene rings is 1. The van der Waals surface area contributed by atoms with Crippen molar-refractivity contribution in [3.8, 4) is 0 Å². The van der Waals surface area contributed by atoms with E-state index < -0.39 is 12.3 Å². The normalized spacial score (nSPS) is 20.6. The summed E-state index contributed by atoms with van der Waals surface area (Å²) in [6, 6.07) is 7.88. The van der Waals surface area contributed by atoms with Crippen molar-refractivity contribution in [2.75, 3.05) is 18.0 Å². The summed E-state index contributed by atoms with van der Waals surface area (Å²) in [4.78, 5) is 6.46. The van der Waals surface area contributed by atoms with Crippen LogP contribution in [0.3, 0.4) is 0 Å². The highest BCUT2D eigenvalue weighted by Gasteiger charge is 2.30. The van der Waals surface area contributed by atoms with Crippen molar-refractivity contribution in [1.82, 2.24) is 4.98 Å². The SMILES string of the molecule is FC(F)C1CCN(c2nc3ccccc3s2)C1. The molecule has 0 amide bonds. The fourth-order valence-corrected chi connectivity index (χ4v) is 3.16. The number of hydrogen-bond donors (Lipinski definition) is 0. The van der Waals surface area contributed by atoms with Crippen molar-refractivity contribution < 1.29 is 8.78 Å². The zero-order chi connectivity index (χ0) is 11.8. The molecule has 1 aromatic heterocycles. The van der Waals surface area contributed by atoms with Gasteiger partial charge in [0.25, 0.3) is 0 Å². The van der Waals surface area contributed by atoms with Crippen LogP contribution >= 0.6 is 11.3 Å². The molecule has 1 fully saturated rings. The van der Waals surface area contributed by atoms with E-state index in [1.54, 1.807) is 11.3 Å². The zero-order valence-corrected chi connectivity index (χ0v) is 9.96. The Morgan fingerprint density at radius 2 is 2.18 bits per heavy atom. The highest BCUT2D eigenvalue weighted by molar-refractivity contribution is 7.22. The molecule has 2 aromatic rings. The molecule has 1 saturated heterocycles. The minimum atomic E-state index is -2.21. The first-order chi connectivity index (χ1) is 8.24. The maximum Gasteiger partial charge on any atom is 0.243 e. The van der Waals surface area contributed by atoms with Crippen LogP contribution in [-0.4, -0.2) is 24.5 Å². The van der Waals surface area contributed by atoms with E-state index in [-0.39, 0.29) is 0 Å². The van der Waals surface area contributed by atoms with Crippen molar-refractivity contribution in [3.05, 3.63) is 24.3 Å². The molecule has 1 aliphatic rings. The molecule has 2 heterocycles. The molecule has 2 nitrogen and oxygen atoms in total. The van der Waals surface area contributed by atoms with Gasteiger partial charge < -0.3 is 4.90 Å².